The fraction of sp³-hybridized carbons (Fsp3) is 0.790. The minimum Gasteiger partial charge on any atom is -0.481 e. The van der Waals surface area contributed by atoms with Crippen molar-refractivity contribution in [3.63, 3.8) is 0 Å². The lowest BCUT2D eigenvalue weighted by molar-refractivity contribution is -0.143. The van der Waals surface area contributed by atoms with Crippen molar-refractivity contribution < 1.29 is 47.8 Å². The van der Waals surface area contributed by atoms with E-state index in [-0.39, 0.29) is 11.7 Å². The second-order valence-electron chi connectivity index (χ2n) is 49.3. The summed E-state index contributed by atoms with van der Waals surface area (Å²) in [5, 5.41) is 0. The van der Waals surface area contributed by atoms with Gasteiger partial charge in [-0.2, -0.15) is 0 Å². The summed E-state index contributed by atoms with van der Waals surface area (Å²) in [6.45, 7) is 42.5. The zero-order valence-corrected chi connectivity index (χ0v) is 97.3. The highest BCUT2D eigenvalue weighted by Gasteiger charge is 2.42. The van der Waals surface area contributed by atoms with Crippen LogP contribution >= 0.6 is 0 Å². The number of carbonyl (C=O) groups is 8. The summed E-state index contributed by atoms with van der Waals surface area (Å²) >= 11 is 0. The molecule has 13 saturated heterocycles. The Bertz CT molecular complexity index is 4540. The number of allylic oxidation sites excluding steroid dienone is 8. The number of likely N-dealkylation sites (tertiary alicyclic amines) is 12. The summed E-state index contributed by atoms with van der Waals surface area (Å²) in [5.74, 6) is 12.8. The van der Waals surface area contributed by atoms with E-state index in [1.807, 2.05) is 40.2 Å². The molecule has 5 aliphatic carbocycles. The number of hydrogen-bond acceptors (Lipinski definition) is 22. The summed E-state index contributed by atoms with van der Waals surface area (Å²) in [6.07, 6.45) is 51.3. The van der Waals surface area contributed by atoms with E-state index in [0.29, 0.717) is 161 Å². The first-order valence-corrected chi connectivity index (χ1v) is 60.1. The number of methoxy groups -OCH3 is 1. The van der Waals surface area contributed by atoms with E-state index in [2.05, 4.69) is 201 Å². The predicted octanol–water partition coefficient (Wildman–Crippen LogP) is 18.7. The Hall–Kier alpha value is -6.98. The summed E-state index contributed by atoms with van der Waals surface area (Å²) in [5.41, 5.74) is 7.05. The van der Waals surface area contributed by atoms with Crippen LogP contribution in [0.4, 0.5) is 4.79 Å². The van der Waals surface area contributed by atoms with E-state index in [1.165, 1.54) is 210 Å². The van der Waals surface area contributed by atoms with Crippen molar-refractivity contribution in [3.05, 3.63) is 105 Å². The van der Waals surface area contributed by atoms with E-state index in [1.54, 1.807) is 19.4 Å². The van der Waals surface area contributed by atoms with Gasteiger partial charge in [-0.25, -0.2) is 9.78 Å². The zero-order valence-electron chi connectivity index (χ0n) is 97.3. The third-order valence-corrected chi connectivity index (χ3v) is 37.5. The lowest BCUT2D eigenvalue weighted by Crippen LogP contribution is -2.49. The van der Waals surface area contributed by atoms with Crippen LogP contribution in [0, 0.1) is 82.9 Å². The smallest absolute Gasteiger partial charge is 0.410 e. The van der Waals surface area contributed by atoms with Crippen LogP contribution in [0.5, 0.6) is 5.88 Å². The van der Waals surface area contributed by atoms with Crippen LogP contribution in [-0.4, -0.2) is 374 Å². The highest BCUT2D eigenvalue weighted by molar-refractivity contribution is 5.99. The first kappa shape index (κ1) is 123. The molecule has 150 heavy (non-hydrogen) atoms. The predicted molar refractivity (Wildman–Crippen MR) is 609 cm³/mol. The van der Waals surface area contributed by atoms with Crippen molar-refractivity contribution in [2.24, 2.45) is 82.9 Å². The van der Waals surface area contributed by atoms with Gasteiger partial charge in [0.2, 0.25) is 23.3 Å². The number of pyridine rings is 2. The van der Waals surface area contributed by atoms with Crippen LogP contribution in [0.15, 0.2) is 87.9 Å². The van der Waals surface area contributed by atoms with Crippen LogP contribution in [-0.2, 0) is 38.3 Å². The summed E-state index contributed by atoms with van der Waals surface area (Å²) < 4.78 is 10.2. The number of rotatable bonds is 13. The van der Waals surface area contributed by atoms with Crippen molar-refractivity contribution >= 4 is 46.8 Å². The second-order valence-corrected chi connectivity index (χ2v) is 49.3. The summed E-state index contributed by atoms with van der Waals surface area (Å²) in [7, 11) is 23.3. The number of cyclic esters (lactones) is 1. The second kappa shape index (κ2) is 64.0. The molecule has 26 heteroatoms. The van der Waals surface area contributed by atoms with Crippen LogP contribution in [0.3, 0.4) is 0 Å². The molecule has 18 aliphatic rings. The van der Waals surface area contributed by atoms with Crippen LogP contribution < -0.4 is 10.3 Å². The molecule has 20 rings (SSSR count). The molecule has 2 aromatic heterocycles. The maximum atomic E-state index is 12.5. The van der Waals surface area contributed by atoms with E-state index >= 15 is 0 Å². The van der Waals surface area contributed by atoms with Crippen molar-refractivity contribution in [2.75, 3.05) is 241 Å². The molecule has 844 valence electrons. The molecule has 13 aliphatic heterocycles. The molecule has 7 atom stereocenters. The SMILES string of the molecule is CC(C)N1CCCC(C2CCN(C)CC2)C1=O.CC1=C(C2CCN(C)CC2)C(=O)CC=C1.CC1=CCC(=O)C(C2CCN(C)CC2)=C1.CC1CCC(=O)C(C2CCN(C)CC2)C1.CC1CCCC(=O)C1C1CCN(C)CC1.CCN1CCCC(C2CCN(C)CC2)C1=O.CN1CCC(C2CCCCC2=O)CC1.CN1CCC(N2CCCOC2=O)CC1.CN1CCC(c2cc[nH]c(=O)c2)CC1.COc1cccc(C2CCN(C)CC2)n1. The minimum atomic E-state index is -0.106. The van der Waals surface area contributed by atoms with Gasteiger partial charge < -0.3 is 78.2 Å². The minimum absolute atomic E-state index is 0.0152. The van der Waals surface area contributed by atoms with Gasteiger partial charge in [0.1, 0.15) is 17.3 Å². The maximum absolute atomic E-state index is 12.5. The number of ether oxygens (including phenoxy) is 2. The number of carbonyl (C=O) groups excluding carboxylic acids is 8. The van der Waals surface area contributed by atoms with Crippen molar-refractivity contribution in [1.82, 2.24) is 73.7 Å². The summed E-state index contributed by atoms with van der Waals surface area (Å²) in [6, 6.07) is 10.6. The highest BCUT2D eigenvalue weighted by Crippen LogP contribution is 2.42. The Labute approximate surface area is 907 Å². The molecule has 2 aromatic rings. The van der Waals surface area contributed by atoms with E-state index in [4.69, 9.17) is 9.47 Å². The molecule has 0 spiro atoms. The third kappa shape index (κ3) is 39.4. The Morgan fingerprint density at radius 3 is 1.38 bits per heavy atom. The molecule has 0 aromatic carbocycles. The lowest BCUT2D eigenvalue weighted by atomic mass is 9.69. The van der Waals surface area contributed by atoms with E-state index in [9.17, 15) is 43.2 Å². The molecule has 7 unspecified atom stereocenters. The third-order valence-electron chi connectivity index (χ3n) is 37.5. The quantitative estimate of drug-likeness (QED) is 0.196. The standard InChI is InChI=1S/C14H26N2O.C13H24N2O.C13H23NO.C13H19NO.C13H23NO.C13H19NO.C12H18N2O.C12H21NO.C11H16N2O.C10H18N2O2/c1-11(2)16-8-4-5-13(14(16)17)12-6-9-15(3)10-7-12;1-3-15-8-4-5-12(13(15)16)11-6-9-14(2)10-7-11;2*1-10-3-4-13(15)12(9-10)11-5-7-14(2)8-6-11;2*1-10-4-3-5-12(15)13(10)11-6-8-14(2)9-7-11;1-14-8-6-10(7-9-14)11-4-3-5-12(13-11)15-2;1-13-8-6-10(7-9-13)11-4-2-3-5-12(11)14;1-13-6-3-9(4-7-13)10-2-5-12-11(14)8-10;1-11-6-3-9(4-7-11)12-5-2-8-14-10(12)13/h11-13H,4-10H2,1-3H3;11-12H,3-10H2,1-2H3;10-12H,3-9H2,1-2H3;3,9,11H,4-8H2,1-2H3;10-11,13H,3-9H2,1-2H3;3-4,11H,5-9H2,1-2H3;3-5,10H,6-9H2,1-2H3;10-11H,2-9H2,1H3;2,5,8-9H,3-4,6-7H2,1H3,(H,12,14);9H,2-8H2,1H3. The van der Waals surface area contributed by atoms with Crippen LogP contribution in [0.2, 0.25) is 0 Å². The molecule has 1 N–H and O–H groups in total. The van der Waals surface area contributed by atoms with E-state index in [0.717, 1.165) is 217 Å². The van der Waals surface area contributed by atoms with Gasteiger partial charge in [-0.15, -0.1) is 0 Å². The number of nitrogens with zero attached hydrogens (tertiary/aromatic N) is 14. The number of H-pyrrole nitrogens is 1. The van der Waals surface area contributed by atoms with Gasteiger partial charge in [-0.3, -0.25) is 38.4 Å². The van der Waals surface area contributed by atoms with Gasteiger partial charge in [-0.05, 0) is 523 Å². The molecule has 0 radical (unpaired) electrons. The average molecular weight is 2080 g/mol. The van der Waals surface area contributed by atoms with Gasteiger partial charge in [0.25, 0.3) is 0 Å². The van der Waals surface area contributed by atoms with Gasteiger partial charge >= 0.3 is 6.09 Å². The Morgan fingerprint density at radius 2 is 0.887 bits per heavy atom. The van der Waals surface area contributed by atoms with Gasteiger partial charge in [0.05, 0.1) is 13.7 Å². The molecule has 26 nitrogen and oxygen atoms in total. The number of hydrogen-bond donors (Lipinski definition) is 1. The van der Waals surface area contributed by atoms with Crippen LogP contribution in [0.1, 0.15) is 309 Å². The van der Waals surface area contributed by atoms with Crippen molar-refractivity contribution in [1.29, 1.82) is 0 Å². The number of nitrogens with one attached hydrogen (secondary N) is 1. The maximum Gasteiger partial charge on any atom is 0.410 e. The Morgan fingerprint density at radius 1 is 0.427 bits per heavy atom. The first-order chi connectivity index (χ1) is 72.1. The number of aromatic amines is 1. The van der Waals surface area contributed by atoms with Gasteiger partial charge in [0.15, 0.2) is 11.6 Å². The average Bonchev–Trinajstić information content (AvgIpc) is 0.821. The molecule has 15 heterocycles. The fourth-order valence-electron chi connectivity index (χ4n) is 27.3. The molecule has 3 saturated carbocycles. The monoisotopic (exact) mass is 2080 g/mol. The van der Waals surface area contributed by atoms with Crippen LogP contribution in [0.25, 0.3) is 0 Å². The first-order valence-electron chi connectivity index (χ1n) is 60.1. The Balaban J connectivity index is 0.000000158. The van der Waals surface area contributed by atoms with Crippen molar-refractivity contribution in [2.45, 2.75) is 310 Å². The van der Waals surface area contributed by atoms with Crippen molar-refractivity contribution in [3.8, 4) is 5.88 Å². The fourth-order valence-corrected chi connectivity index (χ4v) is 27.3. The molecule has 16 fully saturated rings. The van der Waals surface area contributed by atoms with Gasteiger partial charge in [-0.1, -0.05) is 56.2 Å². The topological polar surface area (TPSA) is 243 Å². The number of Topliss-reactive ketones (excluding diaryl/α,β-unsaturated/α-hetero) is 5. The number of piperidine rings is 12. The zero-order chi connectivity index (χ0) is 108. The molecule has 0 bridgehead atoms. The lowest BCUT2D eigenvalue weighted by Gasteiger charge is -2.40. The Kier molecular flexibility index (Phi) is 52.6. The number of ketones is 5. The number of aromatic nitrogens is 2. The van der Waals surface area contributed by atoms with Gasteiger partial charge in [0, 0.05) is 135 Å². The highest BCUT2D eigenvalue weighted by atomic mass is 16.6. The molecular weight excluding hydrogens is 1880 g/mol. The molecular formula is C124H207N15O11. The molecule has 3 amide bonds. The largest absolute Gasteiger partial charge is 0.481 e. The normalized spacial score (nSPS) is 27.8. The van der Waals surface area contributed by atoms with E-state index < -0.39 is 0 Å². The summed E-state index contributed by atoms with van der Waals surface area (Å²) in [4.78, 5) is 143. The number of amides is 3.